The number of carbonyl (C=O) groups excluding carboxylic acids is 1. The Kier molecular flexibility index (Phi) is 5.28. The van der Waals surface area contributed by atoms with Gasteiger partial charge in [-0.25, -0.2) is 4.79 Å². The van der Waals surface area contributed by atoms with Gasteiger partial charge >= 0.3 is 6.03 Å². The highest BCUT2D eigenvalue weighted by molar-refractivity contribution is 6.30. The van der Waals surface area contributed by atoms with E-state index >= 15 is 0 Å². The van der Waals surface area contributed by atoms with Crippen molar-refractivity contribution < 1.29 is 14.6 Å². The van der Waals surface area contributed by atoms with Crippen molar-refractivity contribution >= 4 is 17.6 Å². The van der Waals surface area contributed by atoms with Crippen molar-refractivity contribution in [2.75, 3.05) is 19.6 Å². The topological polar surface area (TPSA) is 61.8 Å². The van der Waals surface area contributed by atoms with Gasteiger partial charge in [0.15, 0.2) is 0 Å². The Morgan fingerprint density at radius 2 is 1.96 bits per heavy atom. The monoisotopic (exact) mass is 338 g/mol. The van der Waals surface area contributed by atoms with Crippen LogP contribution in [-0.4, -0.2) is 47.9 Å². The first-order valence-corrected chi connectivity index (χ1v) is 8.62. The summed E-state index contributed by atoms with van der Waals surface area (Å²) < 4.78 is 5.78. The largest absolute Gasteiger partial charge is 0.487 e. The molecular weight excluding hydrogens is 316 g/mol. The number of amides is 2. The quantitative estimate of drug-likeness (QED) is 0.887. The molecule has 2 atom stereocenters. The van der Waals surface area contributed by atoms with Crippen LogP contribution in [0.25, 0.3) is 0 Å². The third-order valence-corrected chi connectivity index (χ3v) is 4.89. The van der Waals surface area contributed by atoms with Crippen LogP contribution in [0.15, 0.2) is 24.3 Å². The number of urea groups is 1. The molecule has 2 amide bonds. The second kappa shape index (κ2) is 7.41. The third-order valence-electron chi connectivity index (χ3n) is 4.64. The van der Waals surface area contributed by atoms with E-state index in [1.54, 1.807) is 17.0 Å². The van der Waals surface area contributed by atoms with Gasteiger partial charge in [-0.05, 0) is 37.1 Å². The van der Waals surface area contributed by atoms with E-state index in [9.17, 15) is 9.90 Å². The molecule has 1 saturated heterocycles. The predicted molar refractivity (Wildman–Crippen MR) is 88.8 cm³/mol. The number of likely N-dealkylation sites (tertiary alicyclic amines) is 1. The molecule has 3 rings (SSSR count). The van der Waals surface area contributed by atoms with Gasteiger partial charge in [-0.15, -0.1) is 0 Å². The zero-order valence-electron chi connectivity index (χ0n) is 13.1. The summed E-state index contributed by atoms with van der Waals surface area (Å²) in [6.07, 6.45) is 3.81. The van der Waals surface area contributed by atoms with E-state index in [2.05, 4.69) is 5.32 Å². The Labute approximate surface area is 141 Å². The number of aliphatic hydroxyl groups is 1. The van der Waals surface area contributed by atoms with Crippen LogP contribution in [0.4, 0.5) is 4.79 Å². The average molecular weight is 339 g/mol. The fourth-order valence-electron chi connectivity index (χ4n) is 3.14. The number of hydrogen-bond acceptors (Lipinski definition) is 3. The highest BCUT2D eigenvalue weighted by atomic mass is 35.5. The van der Waals surface area contributed by atoms with Crippen molar-refractivity contribution in [2.24, 2.45) is 5.92 Å². The second-order valence-electron chi connectivity index (χ2n) is 6.40. The minimum absolute atomic E-state index is 0.0298. The Morgan fingerprint density at radius 3 is 2.65 bits per heavy atom. The van der Waals surface area contributed by atoms with Gasteiger partial charge in [-0.2, -0.15) is 0 Å². The van der Waals surface area contributed by atoms with Crippen LogP contribution in [0.5, 0.6) is 5.75 Å². The highest BCUT2D eigenvalue weighted by Crippen LogP contribution is 2.24. The SMILES string of the molecule is O=C(NCC1CCCC[C@H]1O)N1CC(Oc2ccc(Cl)cc2)C1. The number of rotatable bonds is 4. The second-order valence-corrected chi connectivity index (χ2v) is 6.83. The van der Waals surface area contributed by atoms with E-state index in [0.29, 0.717) is 24.7 Å². The number of nitrogens with zero attached hydrogens (tertiary/aromatic N) is 1. The molecule has 0 bridgehead atoms. The highest BCUT2D eigenvalue weighted by Gasteiger charge is 2.33. The predicted octanol–water partition coefficient (Wildman–Crippen LogP) is 2.66. The van der Waals surface area contributed by atoms with E-state index in [1.165, 1.54) is 0 Å². The fourth-order valence-corrected chi connectivity index (χ4v) is 3.27. The van der Waals surface area contributed by atoms with Gasteiger partial charge in [0.2, 0.25) is 0 Å². The molecule has 1 heterocycles. The smallest absolute Gasteiger partial charge is 0.317 e. The van der Waals surface area contributed by atoms with Gasteiger partial charge in [0, 0.05) is 17.5 Å². The molecular formula is C17H23ClN2O3. The van der Waals surface area contributed by atoms with Crippen LogP contribution in [0.3, 0.4) is 0 Å². The summed E-state index contributed by atoms with van der Waals surface area (Å²) in [6, 6.07) is 7.16. The summed E-state index contributed by atoms with van der Waals surface area (Å²) in [5, 5.41) is 13.5. The molecule has 126 valence electrons. The Morgan fingerprint density at radius 1 is 1.26 bits per heavy atom. The van der Waals surface area contributed by atoms with Crippen LogP contribution in [-0.2, 0) is 0 Å². The number of nitrogens with one attached hydrogen (secondary N) is 1. The molecule has 1 aromatic rings. The summed E-state index contributed by atoms with van der Waals surface area (Å²) in [5.74, 6) is 0.958. The van der Waals surface area contributed by atoms with Gasteiger partial charge in [-0.3, -0.25) is 0 Å². The molecule has 2 aliphatic rings. The van der Waals surface area contributed by atoms with E-state index < -0.39 is 0 Å². The zero-order chi connectivity index (χ0) is 16.2. The molecule has 0 spiro atoms. The first kappa shape index (κ1) is 16.4. The lowest BCUT2D eigenvalue weighted by molar-refractivity contribution is 0.0404. The number of ether oxygens (including phenoxy) is 1. The number of aliphatic hydroxyl groups excluding tert-OH is 1. The average Bonchev–Trinajstić information content (AvgIpc) is 2.51. The van der Waals surface area contributed by atoms with Crippen LogP contribution >= 0.6 is 11.6 Å². The maximum atomic E-state index is 12.1. The minimum Gasteiger partial charge on any atom is -0.487 e. The number of halogens is 1. The molecule has 5 nitrogen and oxygen atoms in total. The molecule has 1 aromatic carbocycles. The van der Waals surface area contributed by atoms with Crippen molar-refractivity contribution in [2.45, 2.75) is 37.9 Å². The summed E-state index contributed by atoms with van der Waals surface area (Å²) in [4.78, 5) is 13.8. The van der Waals surface area contributed by atoms with E-state index in [-0.39, 0.29) is 24.2 Å². The van der Waals surface area contributed by atoms with Gasteiger partial charge in [0.25, 0.3) is 0 Å². The van der Waals surface area contributed by atoms with E-state index in [0.717, 1.165) is 31.4 Å². The van der Waals surface area contributed by atoms with Gasteiger partial charge in [0.05, 0.1) is 19.2 Å². The minimum atomic E-state index is -0.276. The molecule has 2 fully saturated rings. The summed E-state index contributed by atoms with van der Waals surface area (Å²) in [6.45, 7) is 1.72. The van der Waals surface area contributed by atoms with Gasteiger partial charge in [-0.1, -0.05) is 24.4 Å². The molecule has 6 heteroatoms. The lowest BCUT2D eigenvalue weighted by Crippen LogP contribution is -2.59. The molecule has 0 aromatic heterocycles. The maximum absolute atomic E-state index is 12.1. The van der Waals surface area contributed by atoms with E-state index in [1.807, 2.05) is 12.1 Å². The molecule has 1 unspecified atom stereocenters. The summed E-state index contributed by atoms with van der Waals surface area (Å²) in [5.41, 5.74) is 0. The number of hydrogen-bond donors (Lipinski definition) is 2. The molecule has 0 radical (unpaired) electrons. The lowest BCUT2D eigenvalue weighted by Gasteiger charge is -2.39. The molecule has 2 N–H and O–H groups in total. The number of benzene rings is 1. The van der Waals surface area contributed by atoms with Crippen LogP contribution < -0.4 is 10.1 Å². The third kappa shape index (κ3) is 4.30. The Hall–Kier alpha value is -1.46. The van der Waals surface area contributed by atoms with Crippen molar-refractivity contribution in [1.29, 1.82) is 0 Å². The fraction of sp³-hybridized carbons (Fsp3) is 0.588. The molecule has 1 aliphatic carbocycles. The normalized spacial score (nSPS) is 24.9. The van der Waals surface area contributed by atoms with Crippen LogP contribution in [0.1, 0.15) is 25.7 Å². The zero-order valence-corrected chi connectivity index (χ0v) is 13.8. The Balaban J connectivity index is 1.37. The molecule has 1 aliphatic heterocycles. The van der Waals surface area contributed by atoms with Crippen LogP contribution in [0.2, 0.25) is 5.02 Å². The van der Waals surface area contributed by atoms with Crippen molar-refractivity contribution in [1.82, 2.24) is 10.2 Å². The standard InChI is InChI=1S/C17H23ClN2O3/c18-13-5-7-14(8-6-13)23-15-10-20(11-15)17(22)19-9-12-3-1-2-4-16(12)21/h5-8,12,15-16,21H,1-4,9-11H2,(H,19,22)/t12?,16-/m1/s1. The van der Waals surface area contributed by atoms with Crippen molar-refractivity contribution in [3.8, 4) is 5.75 Å². The molecule has 23 heavy (non-hydrogen) atoms. The van der Waals surface area contributed by atoms with Gasteiger partial charge < -0.3 is 20.1 Å². The first-order valence-electron chi connectivity index (χ1n) is 8.25. The van der Waals surface area contributed by atoms with Crippen LogP contribution in [0, 0.1) is 5.92 Å². The Bertz CT molecular complexity index is 531. The summed E-state index contributed by atoms with van der Waals surface area (Å²) >= 11 is 5.84. The first-order chi connectivity index (χ1) is 11.1. The molecule has 1 saturated carbocycles. The van der Waals surface area contributed by atoms with Gasteiger partial charge in [0.1, 0.15) is 11.9 Å². The lowest BCUT2D eigenvalue weighted by atomic mass is 9.86. The maximum Gasteiger partial charge on any atom is 0.317 e. The summed E-state index contributed by atoms with van der Waals surface area (Å²) in [7, 11) is 0. The van der Waals surface area contributed by atoms with E-state index in [4.69, 9.17) is 16.3 Å². The van der Waals surface area contributed by atoms with Crippen molar-refractivity contribution in [3.05, 3.63) is 29.3 Å². The van der Waals surface area contributed by atoms with Crippen molar-refractivity contribution in [3.63, 3.8) is 0 Å². The number of carbonyl (C=O) groups is 1.